The fourth-order valence-corrected chi connectivity index (χ4v) is 5.17. The average Bonchev–Trinajstić information content (AvgIpc) is 3.23. The average molecular weight is 522 g/mol. The highest BCUT2D eigenvalue weighted by atomic mass is 32.2. The number of urea groups is 1. The van der Waals surface area contributed by atoms with E-state index in [1.165, 1.54) is 12.1 Å². The second-order valence-electron chi connectivity index (χ2n) is 8.89. The number of pyridine rings is 1. The van der Waals surface area contributed by atoms with Crippen molar-refractivity contribution in [3.8, 4) is 11.4 Å². The molecule has 4 aromatic rings. The van der Waals surface area contributed by atoms with Gasteiger partial charge < -0.3 is 10.1 Å². The molecular weight excluding hydrogens is 490 g/mol. The Morgan fingerprint density at radius 1 is 1.03 bits per heavy atom. The van der Waals surface area contributed by atoms with Gasteiger partial charge in [-0.25, -0.2) is 27.9 Å². The SMILES string of the molecule is CCc1nc2c(C)cc(C)nc2n1-c1ccc(CCNC(=O)NS(=O)(=O)c2ccc(C)cc2)c(OC)c1. The fraction of sp³-hybridized carbons (Fsp3) is 0.296. The molecule has 194 valence electrons. The smallest absolute Gasteiger partial charge is 0.328 e. The number of ether oxygens (including phenoxy) is 1. The van der Waals surface area contributed by atoms with Gasteiger partial charge in [-0.05, 0) is 62.6 Å². The first-order chi connectivity index (χ1) is 17.6. The minimum atomic E-state index is -3.95. The van der Waals surface area contributed by atoms with Crippen molar-refractivity contribution in [3.05, 3.63) is 76.7 Å². The molecule has 0 saturated carbocycles. The maximum absolute atomic E-state index is 12.4. The Kier molecular flexibility index (Phi) is 7.49. The van der Waals surface area contributed by atoms with Gasteiger partial charge in [0, 0.05) is 24.7 Å². The fourth-order valence-electron chi connectivity index (χ4n) is 4.24. The molecule has 0 radical (unpaired) electrons. The number of fused-ring (bicyclic) bond motifs is 1. The van der Waals surface area contributed by atoms with E-state index in [1.807, 2.05) is 54.3 Å². The van der Waals surface area contributed by atoms with Crippen LogP contribution in [0, 0.1) is 20.8 Å². The first-order valence-corrected chi connectivity index (χ1v) is 13.5. The first kappa shape index (κ1) is 26.2. The van der Waals surface area contributed by atoms with E-state index < -0.39 is 16.1 Å². The highest BCUT2D eigenvalue weighted by molar-refractivity contribution is 7.90. The predicted octanol–water partition coefficient (Wildman–Crippen LogP) is 4.15. The van der Waals surface area contributed by atoms with Gasteiger partial charge in [-0.15, -0.1) is 0 Å². The Morgan fingerprint density at radius 2 is 1.76 bits per heavy atom. The van der Waals surface area contributed by atoms with Gasteiger partial charge in [-0.3, -0.25) is 4.57 Å². The van der Waals surface area contributed by atoms with E-state index in [0.717, 1.165) is 51.5 Å². The summed E-state index contributed by atoms with van der Waals surface area (Å²) in [6, 6.07) is 13.4. The lowest BCUT2D eigenvalue weighted by Gasteiger charge is -2.14. The zero-order valence-corrected chi connectivity index (χ0v) is 22.4. The number of benzene rings is 2. The molecule has 2 heterocycles. The minimum Gasteiger partial charge on any atom is -0.496 e. The van der Waals surface area contributed by atoms with E-state index in [4.69, 9.17) is 14.7 Å². The monoisotopic (exact) mass is 521 g/mol. The number of methoxy groups -OCH3 is 1. The van der Waals surface area contributed by atoms with Crippen molar-refractivity contribution in [3.63, 3.8) is 0 Å². The van der Waals surface area contributed by atoms with E-state index >= 15 is 0 Å². The molecule has 0 aliphatic heterocycles. The lowest BCUT2D eigenvalue weighted by molar-refractivity contribution is 0.246. The van der Waals surface area contributed by atoms with Crippen LogP contribution in [0.15, 0.2) is 53.4 Å². The van der Waals surface area contributed by atoms with E-state index in [0.29, 0.717) is 12.2 Å². The van der Waals surface area contributed by atoms with Crippen LogP contribution in [0.3, 0.4) is 0 Å². The molecule has 0 bridgehead atoms. The van der Waals surface area contributed by atoms with E-state index in [9.17, 15) is 13.2 Å². The molecule has 10 heteroatoms. The third-order valence-electron chi connectivity index (χ3n) is 6.09. The number of nitrogens with one attached hydrogen (secondary N) is 2. The summed E-state index contributed by atoms with van der Waals surface area (Å²) in [5.41, 5.74) is 6.36. The molecule has 0 saturated heterocycles. The molecule has 9 nitrogen and oxygen atoms in total. The quantitative estimate of drug-likeness (QED) is 0.360. The van der Waals surface area contributed by atoms with Gasteiger partial charge in [0.15, 0.2) is 5.65 Å². The molecule has 0 atom stereocenters. The number of carbonyl (C=O) groups is 1. The number of aromatic nitrogens is 3. The minimum absolute atomic E-state index is 0.0314. The van der Waals surface area contributed by atoms with E-state index in [2.05, 4.69) is 12.2 Å². The predicted molar refractivity (Wildman–Crippen MR) is 143 cm³/mol. The van der Waals surface area contributed by atoms with Crippen molar-refractivity contribution >= 4 is 27.2 Å². The molecule has 4 rings (SSSR count). The number of amides is 2. The number of rotatable bonds is 8. The number of nitrogens with zero attached hydrogens (tertiary/aromatic N) is 3. The van der Waals surface area contributed by atoms with Crippen molar-refractivity contribution in [2.45, 2.75) is 45.4 Å². The standard InChI is InChI=1S/C27H31N5O4S/c1-6-24-30-25-18(3)15-19(4)29-26(25)32(24)21-10-9-20(23(16-21)36-5)13-14-28-27(33)31-37(34,35)22-11-7-17(2)8-12-22/h7-12,15-16H,6,13-14H2,1-5H3,(H2,28,31,33). The molecule has 0 aliphatic rings. The number of imidazole rings is 1. The molecule has 2 amide bonds. The summed E-state index contributed by atoms with van der Waals surface area (Å²) in [5.74, 6) is 1.55. The van der Waals surface area contributed by atoms with Gasteiger partial charge in [0.25, 0.3) is 10.0 Å². The zero-order valence-electron chi connectivity index (χ0n) is 21.6. The van der Waals surface area contributed by atoms with Crippen LogP contribution < -0.4 is 14.8 Å². The summed E-state index contributed by atoms with van der Waals surface area (Å²) in [7, 11) is -2.35. The Labute approximate surface area is 217 Å². The molecule has 2 N–H and O–H groups in total. The number of hydrogen-bond donors (Lipinski definition) is 2. The van der Waals surface area contributed by atoms with Crippen molar-refractivity contribution in [2.24, 2.45) is 0 Å². The van der Waals surface area contributed by atoms with Crippen LogP contribution in [0.25, 0.3) is 16.9 Å². The maximum Gasteiger partial charge on any atom is 0.328 e. The summed E-state index contributed by atoms with van der Waals surface area (Å²) >= 11 is 0. The molecule has 0 spiro atoms. The Balaban J connectivity index is 1.49. The second-order valence-corrected chi connectivity index (χ2v) is 10.6. The van der Waals surface area contributed by atoms with Crippen molar-refractivity contribution in [1.29, 1.82) is 0 Å². The lowest BCUT2D eigenvalue weighted by Crippen LogP contribution is -2.40. The highest BCUT2D eigenvalue weighted by Crippen LogP contribution is 2.28. The summed E-state index contributed by atoms with van der Waals surface area (Å²) < 4.78 is 34.6. The topological polar surface area (TPSA) is 115 Å². The number of carbonyl (C=O) groups excluding carboxylic acids is 1. The summed E-state index contributed by atoms with van der Waals surface area (Å²) in [4.78, 5) is 21.8. The highest BCUT2D eigenvalue weighted by Gasteiger charge is 2.18. The largest absolute Gasteiger partial charge is 0.496 e. The number of sulfonamides is 1. The van der Waals surface area contributed by atoms with Crippen LogP contribution in [0.2, 0.25) is 0 Å². The zero-order chi connectivity index (χ0) is 26.7. The Bertz CT molecular complexity index is 1560. The van der Waals surface area contributed by atoms with E-state index in [-0.39, 0.29) is 11.4 Å². The van der Waals surface area contributed by atoms with Crippen LogP contribution in [-0.4, -0.2) is 42.6 Å². The molecule has 0 unspecified atom stereocenters. The maximum atomic E-state index is 12.4. The van der Waals surface area contributed by atoms with Gasteiger partial charge >= 0.3 is 6.03 Å². The van der Waals surface area contributed by atoms with Crippen LogP contribution in [-0.2, 0) is 22.9 Å². The normalized spacial score (nSPS) is 11.5. The molecule has 0 fully saturated rings. The van der Waals surface area contributed by atoms with Gasteiger partial charge in [0.2, 0.25) is 0 Å². The molecule has 37 heavy (non-hydrogen) atoms. The summed E-state index contributed by atoms with van der Waals surface area (Å²) in [6.07, 6.45) is 1.19. The van der Waals surface area contributed by atoms with Gasteiger partial charge in [-0.1, -0.05) is 30.7 Å². The summed E-state index contributed by atoms with van der Waals surface area (Å²) in [6.45, 7) is 8.14. The van der Waals surface area contributed by atoms with Crippen LogP contribution in [0.4, 0.5) is 4.79 Å². The Morgan fingerprint density at radius 3 is 2.43 bits per heavy atom. The van der Waals surface area contributed by atoms with Gasteiger partial charge in [0.1, 0.15) is 17.1 Å². The number of aryl methyl sites for hydroxylation is 4. The van der Waals surface area contributed by atoms with Crippen LogP contribution in [0.5, 0.6) is 5.75 Å². The van der Waals surface area contributed by atoms with Gasteiger partial charge in [0.05, 0.1) is 17.7 Å². The third kappa shape index (κ3) is 5.59. The lowest BCUT2D eigenvalue weighted by atomic mass is 10.1. The first-order valence-electron chi connectivity index (χ1n) is 12.0. The van der Waals surface area contributed by atoms with Crippen LogP contribution >= 0.6 is 0 Å². The molecule has 2 aromatic heterocycles. The Hall–Kier alpha value is -3.92. The summed E-state index contributed by atoms with van der Waals surface area (Å²) in [5, 5.41) is 2.61. The van der Waals surface area contributed by atoms with Crippen molar-refractivity contribution < 1.29 is 17.9 Å². The van der Waals surface area contributed by atoms with Crippen molar-refractivity contribution in [2.75, 3.05) is 13.7 Å². The van der Waals surface area contributed by atoms with Crippen LogP contribution in [0.1, 0.15) is 35.1 Å². The third-order valence-corrected chi connectivity index (χ3v) is 7.43. The number of hydrogen-bond acceptors (Lipinski definition) is 6. The van der Waals surface area contributed by atoms with Crippen molar-refractivity contribution in [1.82, 2.24) is 24.6 Å². The molecular formula is C27H31N5O4S. The molecule has 0 aliphatic carbocycles. The molecule has 2 aromatic carbocycles. The van der Waals surface area contributed by atoms with E-state index in [1.54, 1.807) is 19.2 Å². The second kappa shape index (κ2) is 10.6. The van der Waals surface area contributed by atoms with Gasteiger partial charge in [-0.2, -0.15) is 0 Å².